The number of phenols is 1. The molecule has 4 heteroatoms. The van der Waals surface area contributed by atoms with Crippen molar-refractivity contribution in [3.63, 3.8) is 0 Å². The lowest BCUT2D eigenvalue weighted by atomic mass is 10.1. The van der Waals surface area contributed by atoms with Crippen LogP contribution in [0, 0.1) is 0 Å². The molecule has 0 aliphatic heterocycles. The van der Waals surface area contributed by atoms with E-state index >= 15 is 0 Å². The predicted molar refractivity (Wildman–Crippen MR) is 88.6 cm³/mol. The normalized spacial score (nSPS) is 12.0. The van der Waals surface area contributed by atoms with Crippen LogP contribution in [0.25, 0.3) is 0 Å². The average molecular weight is 335 g/mol. The lowest BCUT2D eigenvalue weighted by Gasteiger charge is -2.23. The van der Waals surface area contributed by atoms with Crippen LogP contribution < -0.4 is 10.2 Å². The fourth-order valence-electron chi connectivity index (χ4n) is 2.18. The van der Waals surface area contributed by atoms with Gasteiger partial charge in [0.05, 0.1) is 17.4 Å². The van der Waals surface area contributed by atoms with E-state index in [1.165, 1.54) is 0 Å². The fourth-order valence-corrected chi connectivity index (χ4v) is 2.54. The Morgan fingerprint density at radius 2 is 1.85 bits per heavy atom. The molecule has 2 aromatic carbocycles. The lowest BCUT2D eigenvalue weighted by Crippen LogP contribution is -2.14. The van der Waals surface area contributed by atoms with E-state index in [0.717, 1.165) is 21.4 Å². The molecule has 0 saturated carbocycles. The Kier molecular flexibility index (Phi) is 4.55. The Bertz CT molecular complexity index is 599. The number of hydrogen-bond acceptors (Lipinski definition) is 3. The number of anilines is 2. The van der Waals surface area contributed by atoms with Crippen LogP contribution in [0.3, 0.4) is 0 Å². The Hall–Kier alpha value is -1.68. The van der Waals surface area contributed by atoms with E-state index < -0.39 is 0 Å². The number of benzene rings is 2. The molecule has 2 N–H and O–H groups in total. The molecule has 0 heterocycles. The van der Waals surface area contributed by atoms with E-state index in [0.29, 0.717) is 5.75 Å². The molecule has 3 nitrogen and oxygen atoms in total. The highest BCUT2D eigenvalue weighted by Gasteiger charge is 2.12. The minimum Gasteiger partial charge on any atom is -0.508 e. The largest absolute Gasteiger partial charge is 0.508 e. The van der Waals surface area contributed by atoms with Gasteiger partial charge in [0.2, 0.25) is 0 Å². The topological polar surface area (TPSA) is 35.5 Å². The van der Waals surface area contributed by atoms with Crippen LogP contribution >= 0.6 is 15.9 Å². The van der Waals surface area contributed by atoms with Crippen molar-refractivity contribution in [2.24, 2.45) is 0 Å². The Morgan fingerprint density at radius 3 is 2.50 bits per heavy atom. The summed E-state index contributed by atoms with van der Waals surface area (Å²) in [4.78, 5) is 2.06. The number of rotatable bonds is 4. The average Bonchev–Trinajstić information content (AvgIpc) is 2.38. The van der Waals surface area contributed by atoms with Crippen molar-refractivity contribution in [1.29, 1.82) is 0 Å². The van der Waals surface area contributed by atoms with Crippen LogP contribution in [0.15, 0.2) is 46.9 Å². The zero-order valence-corrected chi connectivity index (χ0v) is 13.5. The minimum absolute atomic E-state index is 0.0178. The van der Waals surface area contributed by atoms with Gasteiger partial charge in [0, 0.05) is 24.1 Å². The maximum absolute atomic E-state index is 9.93. The van der Waals surface area contributed by atoms with Crippen molar-refractivity contribution in [1.82, 2.24) is 0 Å². The molecular formula is C16H19BrN2O. The molecule has 0 aromatic heterocycles. The first kappa shape index (κ1) is 14.7. The van der Waals surface area contributed by atoms with Crippen molar-refractivity contribution in [3.05, 3.63) is 52.5 Å². The molecule has 2 rings (SSSR count). The van der Waals surface area contributed by atoms with Crippen molar-refractivity contribution >= 4 is 27.3 Å². The van der Waals surface area contributed by atoms with Gasteiger partial charge >= 0.3 is 0 Å². The molecule has 0 aliphatic rings. The molecule has 2 aromatic rings. The number of aromatic hydroxyl groups is 1. The smallest absolute Gasteiger partial charge is 0.120 e. The summed E-state index contributed by atoms with van der Waals surface area (Å²) in [6.07, 6.45) is 0. The third-order valence-electron chi connectivity index (χ3n) is 3.22. The molecule has 0 aliphatic carbocycles. The molecule has 20 heavy (non-hydrogen) atoms. The molecular weight excluding hydrogens is 316 g/mol. The summed E-state index contributed by atoms with van der Waals surface area (Å²) < 4.78 is 1.02. The van der Waals surface area contributed by atoms with Gasteiger partial charge in [-0.15, -0.1) is 0 Å². The van der Waals surface area contributed by atoms with Gasteiger partial charge in [0.15, 0.2) is 0 Å². The summed E-state index contributed by atoms with van der Waals surface area (Å²) in [5.74, 6) is 0.314. The lowest BCUT2D eigenvalue weighted by molar-refractivity contribution is 0.465. The van der Waals surface area contributed by atoms with Gasteiger partial charge in [-0.1, -0.05) is 34.1 Å². The van der Waals surface area contributed by atoms with Gasteiger partial charge in [0.25, 0.3) is 0 Å². The molecule has 0 bridgehead atoms. The van der Waals surface area contributed by atoms with Crippen LogP contribution in [0.1, 0.15) is 18.5 Å². The Labute approximate surface area is 128 Å². The van der Waals surface area contributed by atoms with Crippen molar-refractivity contribution in [2.75, 3.05) is 24.3 Å². The second-order valence-electron chi connectivity index (χ2n) is 4.98. The molecule has 1 unspecified atom stereocenters. The van der Waals surface area contributed by atoms with E-state index in [2.05, 4.69) is 32.2 Å². The molecule has 0 amide bonds. The van der Waals surface area contributed by atoms with Crippen molar-refractivity contribution in [2.45, 2.75) is 13.0 Å². The fraction of sp³-hybridized carbons (Fsp3) is 0.250. The van der Waals surface area contributed by atoms with E-state index in [1.54, 1.807) is 6.07 Å². The van der Waals surface area contributed by atoms with Gasteiger partial charge in [-0.25, -0.2) is 0 Å². The summed E-state index contributed by atoms with van der Waals surface area (Å²) in [5.41, 5.74) is 3.02. The molecule has 0 fully saturated rings. The molecule has 0 saturated heterocycles. The molecule has 0 radical (unpaired) electrons. The van der Waals surface area contributed by atoms with Crippen LogP contribution in [-0.2, 0) is 0 Å². The van der Waals surface area contributed by atoms with E-state index in [4.69, 9.17) is 0 Å². The molecule has 1 atom stereocenters. The summed E-state index contributed by atoms with van der Waals surface area (Å²) in [6.45, 7) is 2.04. The highest BCUT2D eigenvalue weighted by Crippen LogP contribution is 2.33. The number of phenolic OH excluding ortho intramolecular Hbond substituents is 1. The third-order valence-corrected chi connectivity index (χ3v) is 3.71. The maximum atomic E-state index is 9.93. The van der Waals surface area contributed by atoms with Gasteiger partial charge in [-0.2, -0.15) is 0 Å². The standard InChI is InChI=1S/C16H19BrN2O/c1-11(13-6-4-5-7-16(13)20)18-14-10-12(17)8-9-15(14)19(2)3/h4-11,18,20H,1-3H3. The van der Waals surface area contributed by atoms with Gasteiger partial charge in [-0.3, -0.25) is 0 Å². The third kappa shape index (κ3) is 3.25. The predicted octanol–water partition coefficient (Wildman–Crippen LogP) is 4.39. The number of para-hydroxylation sites is 1. The second-order valence-corrected chi connectivity index (χ2v) is 5.90. The summed E-state index contributed by atoms with van der Waals surface area (Å²) in [7, 11) is 4.03. The minimum atomic E-state index is 0.0178. The first-order valence-electron chi connectivity index (χ1n) is 6.50. The maximum Gasteiger partial charge on any atom is 0.120 e. The first-order valence-corrected chi connectivity index (χ1v) is 7.29. The number of nitrogens with zero attached hydrogens (tertiary/aromatic N) is 1. The van der Waals surface area contributed by atoms with Crippen LogP contribution in [0.2, 0.25) is 0 Å². The van der Waals surface area contributed by atoms with Crippen LogP contribution in [0.5, 0.6) is 5.75 Å². The van der Waals surface area contributed by atoms with E-state index in [1.807, 2.05) is 51.4 Å². The SMILES string of the molecule is CC(Nc1cc(Br)ccc1N(C)C)c1ccccc1O. The summed E-state index contributed by atoms with van der Waals surface area (Å²) in [5, 5.41) is 13.4. The Balaban J connectivity index is 2.30. The van der Waals surface area contributed by atoms with Crippen LogP contribution in [0.4, 0.5) is 11.4 Å². The second kappa shape index (κ2) is 6.18. The van der Waals surface area contributed by atoms with E-state index in [-0.39, 0.29) is 6.04 Å². The van der Waals surface area contributed by atoms with Gasteiger partial charge in [-0.05, 0) is 31.2 Å². The van der Waals surface area contributed by atoms with E-state index in [9.17, 15) is 5.11 Å². The quantitative estimate of drug-likeness (QED) is 0.870. The van der Waals surface area contributed by atoms with Crippen molar-refractivity contribution in [3.8, 4) is 5.75 Å². The molecule has 0 spiro atoms. The van der Waals surface area contributed by atoms with Crippen LogP contribution in [-0.4, -0.2) is 19.2 Å². The number of nitrogens with one attached hydrogen (secondary N) is 1. The number of halogens is 1. The highest BCUT2D eigenvalue weighted by molar-refractivity contribution is 9.10. The van der Waals surface area contributed by atoms with Gasteiger partial charge < -0.3 is 15.3 Å². The van der Waals surface area contributed by atoms with Gasteiger partial charge in [0.1, 0.15) is 5.75 Å². The number of hydrogen-bond donors (Lipinski definition) is 2. The zero-order chi connectivity index (χ0) is 14.7. The van der Waals surface area contributed by atoms with Crippen molar-refractivity contribution < 1.29 is 5.11 Å². The zero-order valence-electron chi connectivity index (χ0n) is 11.9. The summed E-state index contributed by atoms with van der Waals surface area (Å²) >= 11 is 3.50. The summed E-state index contributed by atoms with van der Waals surface area (Å²) in [6, 6.07) is 13.5. The monoisotopic (exact) mass is 334 g/mol. The highest BCUT2D eigenvalue weighted by atomic mass is 79.9. The Morgan fingerprint density at radius 1 is 1.15 bits per heavy atom. The molecule has 106 valence electrons. The first-order chi connectivity index (χ1) is 9.49.